The predicted octanol–water partition coefficient (Wildman–Crippen LogP) is 3.96. The fraction of sp³-hybridized carbons (Fsp3) is 0.538. The minimum Gasteiger partial charge on any atom is -0.372 e. The van der Waals surface area contributed by atoms with Crippen molar-refractivity contribution in [2.45, 2.75) is 31.4 Å². The fourth-order valence-corrected chi connectivity index (χ4v) is 3.14. The third kappa shape index (κ3) is 3.24. The van der Waals surface area contributed by atoms with Crippen LogP contribution in [0.3, 0.4) is 0 Å². The van der Waals surface area contributed by atoms with Gasteiger partial charge in [0, 0.05) is 28.6 Å². The van der Waals surface area contributed by atoms with Crippen LogP contribution < -0.4 is 4.90 Å². The van der Waals surface area contributed by atoms with Gasteiger partial charge in [0.25, 0.3) is 0 Å². The van der Waals surface area contributed by atoms with Crippen LogP contribution in [0.15, 0.2) is 22.7 Å². The molecular weight excluding hydrogens is 346 g/mol. The highest BCUT2D eigenvalue weighted by Crippen LogP contribution is 2.29. The van der Waals surface area contributed by atoms with Gasteiger partial charge in [0.2, 0.25) is 0 Å². The molecule has 0 spiro atoms. The molecule has 0 amide bonds. The number of benzene rings is 1. The number of rotatable bonds is 2. The summed E-state index contributed by atoms with van der Waals surface area (Å²) in [6.45, 7) is 6.19. The minimum absolute atomic E-state index is 0.293. The van der Waals surface area contributed by atoms with Crippen molar-refractivity contribution >= 4 is 37.5 Å². The Kier molecular flexibility index (Phi) is 4.50. The minimum atomic E-state index is 0.293. The fourth-order valence-electron chi connectivity index (χ4n) is 2.32. The second-order valence-corrected chi connectivity index (χ2v) is 6.05. The van der Waals surface area contributed by atoms with Crippen LogP contribution in [0.4, 0.5) is 5.69 Å². The number of hydrogen-bond acceptors (Lipinski definition) is 2. The quantitative estimate of drug-likeness (QED) is 0.738. The van der Waals surface area contributed by atoms with Gasteiger partial charge < -0.3 is 9.64 Å². The number of halogens is 2. The lowest BCUT2D eigenvalue weighted by atomic mass is 10.1. The van der Waals surface area contributed by atoms with Gasteiger partial charge >= 0.3 is 0 Å². The first-order valence-electron chi connectivity index (χ1n) is 5.85. The van der Waals surface area contributed by atoms with Gasteiger partial charge in [-0.15, -0.1) is 0 Å². The summed E-state index contributed by atoms with van der Waals surface area (Å²) < 4.78 is 6.91. The zero-order valence-electron chi connectivity index (χ0n) is 10.1. The Labute approximate surface area is 120 Å². The summed E-state index contributed by atoms with van der Waals surface area (Å²) in [5.41, 5.74) is 2.63. The summed E-state index contributed by atoms with van der Waals surface area (Å²) in [5, 5.41) is 0.885. The van der Waals surface area contributed by atoms with Crippen LogP contribution in [0, 0.1) is 0 Å². The SMILES string of the molecule is CC1CN(c2cc(Br)ccc2CBr)CC(C)O1. The Morgan fingerprint density at radius 3 is 2.53 bits per heavy atom. The molecule has 1 saturated heterocycles. The van der Waals surface area contributed by atoms with Crippen molar-refractivity contribution in [1.82, 2.24) is 0 Å². The van der Waals surface area contributed by atoms with E-state index < -0.39 is 0 Å². The lowest BCUT2D eigenvalue weighted by Crippen LogP contribution is -2.45. The summed E-state index contributed by atoms with van der Waals surface area (Å²) in [6, 6.07) is 6.45. The van der Waals surface area contributed by atoms with Gasteiger partial charge in [0.1, 0.15) is 0 Å². The van der Waals surface area contributed by atoms with Crippen molar-refractivity contribution in [3.63, 3.8) is 0 Å². The van der Waals surface area contributed by atoms with Gasteiger partial charge in [0.15, 0.2) is 0 Å². The van der Waals surface area contributed by atoms with Crippen molar-refractivity contribution in [1.29, 1.82) is 0 Å². The van der Waals surface area contributed by atoms with Gasteiger partial charge in [0.05, 0.1) is 12.2 Å². The molecule has 0 aliphatic carbocycles. The predicted molar refractivity (Wildman–Crippen MR) is 79.0 cm³/mol. The molecule has 0 radical (unpaired) electrons. The first kappa shape index (κ1) is 13.4. The number of anilines is 1. The van der Waals surface area contributed by atoms with E-state index in [9.17, 15) is 0 Å². The van der Waals surface area contributed by atoms with Crippen molar-refractivity contribution in [2.75, 3.05) is 18.0 Å². The lowest BCUT2D eigenvalue weighted by molar-refractivity contribution is -0.00525. The smallest absolute Gasteiger partial charge is 0.0726 e. The molecule has 0 saturated carbocycles. The first-order chi connectivity index (χ1) is 8.10. The summed E-state index contributed by atoms with van der Waals surface area (Å²) in [4.78, 5) is 2.42. The summed E-state index contributed by atoms with van der Waals surface area (Å²) in [6.07, 6.45) is 0.585. The zero-order valence-corrected chi connectivity index (χ0v) is 13.3. The molecule has 0 aromatic heterocycles. The van der Waals surface area contributed by atoms with E-state index in [4.69, 9.17) is 4.74 Å². The average molecular weight is 363 g/mol. The average Bonchev–Trinajstić information content (AvgIpc) is 2.27. The summed E-state index contributed by atoms with van der Waals surface area (Å²) in [5.74, 6) is 0. The lowest BCUT2D eigenvalue weighted by Gasteiger charge is -2.37. The maximum atomic E-state index is 5.78. The van der Waals surface area contributed by atoms with Gasteiger partial charge in [-0.1, -0.05) is 37.9 Å². The van der Waals surface area contributed by atoms with Crippen molar-refractivity contribution in [3.8, 4) is 0 Å². The largest absolute Gasteiger partial charge is 0.372 e. The van der Waals surface area contributed by atoms with Gasteiger partial charge in [-0.3, -0.25) is 0 Å². The number of nitrogens with zero attached hydrogens (tertiary/aromatic N) is 1. The molecule has 2 nitrogen and oxygen atoms in total. The highest BCUT2D eigenvalue weighted by atomic mass is 79.9. The van der Waals surface area contributed by atoms with Gasteiger partial charge in [-0.2, -0.15) is 0 Å². The van der Waals surface area contributed by atoms with Gasteiger partial charge in [-0.05, 0) is 31.5 Å². The normalized spacial score (nSPS) is 25.1. The van der Waals surface area contributed by atoms with Crippen molar-refractivity contribution in [3.05, 3.63) is 28.2 Å². The van der Waals surface area contributed by atoms with Crippen LogP contribution in [0.2, 0.25) is 0 Å². The molecule has 2 unspecified atom stereocenters. The Hall–Kier alpha value is -0.0600. The maximum Gasteiger partial charge on any atom is 0.0726 e. The molecule has 1 aliphatic heterocycles. The van der Waals surface area contributed by atoms with E-state index in [1.807, 2.05) is 0 Å². The summed E-state index contributed by atoms with van der Waals surface area (Å²) >= 11 is 7.11. The number of alkyl halides is 1. The second-order valence-electron chi connectivity index (χ2n) is 4.57. The molecule has 1 aromatic rings. The van der Waals surface area contributed by atoms with Crippen LogP contribution in [0.5, 0.6) is 0 Å². The van der Waals surface area contributed by atoms with Crippen LogP contribution in [0.25, 0.3) is 0 Å². The Balaban J connectivity index is 2.28. The molecule has 94 valence electrons. The van der Waals surface area contributed by atoms with E-state index in [1.54, 1.807) is 0 Å². The number of hydrogen-bond donors (Lipinski definition) is 0. The van der Waals surface area contributed by atoms with Gasteiger partial charge in [-0.25, -0.2) is 0 Å². The molecule has 2 rings (SSSR count). The van der Waals surface area contributed by atoms with Crippen molar-refractivity contribution in [2.24, 2.45) is 0 Å². The molecule has 2 atom stereocenters. The molecule has 0 N–H and O–H groups in total. The van der Waals surface area contributed by atoms with Crippen molar-refractivity contribution < 1.29 is 4.74 Å². The van der Waals surface area contributed by atoms with Crippen LogP contribution in [-0.2, 0) is 10.1 Å². The van der Waals surface area contributed by atoms with E-state index in [2.05, 4.69) is 68.8 Å². The third-order valence-electron chi connectivity index (χ3n) is 2.95. The molecule has 1 heterocycles. The Morgan fingerprint density at radius 1 is 1.29 bits per heavy atom. The second kappa shape index (κ2) is 5.72. The molecule has 0 bridgehead atoms. The third-order valence-corrected chi connectivity index (χ3v) is 4.05. The molecule has 1 aromatic carbocycles. The molecule has 1 aliphatic rings. The highest BCUT2D eigenvalue weighted by Gasteiger charge is 2.23. The Bertz CT molecular complexity index is 387. The highest BCUT2D eigenvalue weighted by molar-refractivity contribution is 9.10. The number of ether oxygens (including phenoxy) is 1. The topological polar surface area (TPSA) is 12.5 Å². The van der Waals surface area contributed by atoms with E-state index in [-0.39, 0.29) is 0 Å². The number of morpholine rings is 1. The van der Waals surface area contributed by atoms with E-state index in [1.165, 1.54) is 11.3 Å². The van der Waals surface area contributed by atoms with Crippen LogP contribution >= 0.6 is 31.9 Å². The van der Waals surface area contributed by atoms with Crippen LogP contribution in [-0.4, -0.2) is 25.3 Å². The monoisotopic (exact) mass is 361 g/mol. The van der Waals surface area contributed by atoms with E-state index in [0.717, 1.165) is 22.9 Å². The molecule has 17 heavy (non-hydrogen) atoms. The Morgan fingerprint density at radius 2 is 1.94 bits per heavy atom. The zero-order chi connectivity index (χ0) is 12.4. The molecular formula is C13H17Br2NO. The summed E-state index contributed by atoms with van der Waals surface area (Å²) in [7, 11) is 0. The maximum absolute atomic E-state index is 5.78. The first-order valence-corrected chi connectivity index (χ1v) is 7.76. The molecule has 1 fully saturated rings. The molecule has 4 heteroatoms. The van der Waals surface area contributed by atoms with Crippen LogP contribution in [0.1, 0.15) is 19.4 Å². The standard InChI is InChI=1S/C13H17Br2NO/c1-9-7-16(8-10(2)17-9)13-5-12(15)4-3-11(13)6-14/h3-5,9-10H,6-8H2,1-2H3. The van der Waals surface area contributed by atoms with E-state index in [0.29, 0.717) is 12.2 Å². The van der Waals surface area contributed by atoms with E-state index >= 15 is 0 Å².